The number of halogens is 1. The monoisotopic (exact) mass is 434 g/mol. The summed E-state index contributed by atoms with van der Waals surface area (Å²) in [5, 5.41) is 9.53. The normalized spacial score (nSPS) is 25.2. The lowest BCUT2D eigenvalue weighted by atomic mass is 9.96. The second-order valence-corrected chi connectivity index (χ2v) is 9.06. The minimum absolute atomic E-state index is 0. The fraction of sp³-hybridized carbons (Fsp3) is 0.652. The summed E-state index contributed by atoms with van der Waals surface area (Å²) in [6.45, 7) is 4.70. The summed E-state index contributed by atoms with van der Waals surface area (Å²) in [7, 11) is 0. The predicted molar refractivity (Wildman–Crippen MR) is 121 cm³/mol. The van der Waals surface area contributed by atoms with Gasteiger partial charge in [-0.15, -0.1) is 12.4 Å². The lowest BCUT2D eigenvalue weighted by Crippen LogP contribution is -2.47. The molecule has 4 rings (SSSR count). The van der Waals surface area contributed by atoms with Crippen LogP contribution in [0.2, 0.25) is 0 Å². The predicted octanol–water partition coefficient (Wildman–Crippen LogP) is 1.84. The Bertz CT molecular complexity index is 704. The SMILES string of the molecule is Cl.O=C(CN1CCCC(CNC(=O)C2CCCN2)C1)NCC1(c2ccccc2)CC1. The van der Waals surface area contributed by atoms with Crippen molar-refractivity contribution < 1.29 is 9.59 Å². The van der Waals surface area contributed by atoms with E-state index >= 15 is 0 Å². The summed E-state index contributed by atoms with van der Waals surface area (Å²) >= 11 is 0. The highest BCUT2D eigenvalue weighted by Crippen LogP contribution is 2.47. The number of hydrogen-bond acceptors (Lipinski definition) is 4. The highest BCUT2D eigenvalue weighted by Gasteiger charge is 2.44. The molecule has 1 saturated carbocycles. The van der Waals surface area contributed by atoms with Crippen molar-refractivity contribution in [2.75, 3.05) is 39.3 Å². The van der Waals surface area contributed by atoms with Crippen LogP contribution in [-0.2, 0) is 15.0 Å². The van der Waals surface area contributed by atoms with E-state index in [9.17, 15) is 9.59 Å². The van der Waals surface area contributed by atoms with Gasteiger partial charge in [-0.05, 0) is 63.1 Å². The fourth-order valence-electron chi connectivity index (χ4n) is 4.77. The van der Waals surface area contributed by atoms with Gasteiger partial charge >= 0.3 is 0 Å². The first-order chi connectivity index (χ1) is 14.1. The van der Waals surface area contributed by atoms with E-state index in [0.717, 1.165) is 64.7 Å². The number of carbonyl (C=O) groups excluding carboxylic acids is 2. The van der Waals surface area contributed by atoms with Gasteiger partial charge in [-0.2, -0.15) is 0 Å². The Morgan fingerprint density at radius 1 is 1.10 bits per heavy atom. The Balaban J connectivity index is 0.00000256. The minimum Gasteiger partial charge on any atom is -0.354 e. The molecule has 2 heterocycles. The third-order valence-electron chi connectivity index (χ3n) is 6.78. The van der Waals surface area contributed by atoms with E-state index in [4.69, 9.17) is 0 Å². The van der Waals surface area contributed by atoms with E-state index < -0.39 is 0 Å². The Morgan fingerprint density at radius 2 is 1.90 bits per heavy atom. The summed E-state index contributed by atoms with van der Waals surface area (Å²) in [5.74, 6) is 0.682. The van der Waals surface area contributed by atoms with E-state index in [1.165, 1.54) is 5.56 Å². The quantitative estimate of drug-likeness (QED) is 0.583. The largest absolute Gasteiger partial charge is 0.354 e. The average Bonchev–Trinajstić information content (AvgIpc) is 3.34. The fourth-order valence-corrected chi connectivity index (χ4v) is 4.77. The Morgan fingerprint density at radius 3 is 2.60 bits per heavy atom. The van der Waals surface area contributed by atoms with Crippen LogP contribution in [0, 0.1) is 5.92 Å². The van der Waals surface area contributed by atoms with Crippen molar-refractivity contribution in [1.29, 1.82) is 0 Å². The van der Waals surface area contributed by atoms with Gasteiger partial charge < -0.3 is 16.0 Å². The second kappa shape index (κ2) is 10.6. The molecule has 6 nitrogen and oxygen atoms in total. The van der Waals surface area contributed by atoms with Crippen LogP contribution in [-0.4, -0.2) is 62.0 Å². The molecule has 2 saturated heterocycles. The molecule has 166 valence electrons. The molecule has 2 aliphatic heterocycles. The van der Waals surface area contributed by atoms with Crippen LogP contribution in [0.15, 0.2) is 30.3 Å². The van der Waals surface area contributed by atoms with Crippen molar-refractivity contribution in [3.8, 4) is 0 Å². The van der Waals surface area contributed by atoms with E-state index in [1.54, 1.807) is 0 Å². The van der Waals surface area contributed by atoms with Gasteiger partial charge in [0.1, 0.15) is 0 Å². The first-order valence-corrected chi connectivity index (χ1v) is 11.2. The van der Waals surface area contributed by atoms with Gasteiger partial charge in [0.05, 0.1) is 12.6 Å². The molecule has 1 aliphatic carbocycles. The molecule has 7 heteroatoms. The molecule has 1 aromatic carbocycles. The van der Waals surface area contributed by atoms with Crippen molar-refractivity contribution in [2.45, 2.75) is 50.0 Å². The standard InChI is InChI=1S/C23H34N4O2.ClH/c28-21(26-17-23(10-11-23)19-7-2-1-3-8-19)16-27-13-5-6-18(15-27)14-25-22(29)20-9-4-12-24-20;/h1-3,7-8,18,20,24H,4-6,9-17H2,(H,25,29)(H,26,28);1H. The van der Waals surface area contributed by atoms with Crippen molar-refractivity contribution in [3.05, 3.63) is 35.9 Å². The van der Waals surface area contributed by atoms with E-state index in [2.05, 4.69) is 45.1 Å². The zero-order valence-electron chi connectivity index (χ0n) is 17.7. The molecule has 2 atom stereocenters. The van der Waals surface area contributed by atoms with Crippen LogP contribution in [0.4, 0.5) is 0 Å². The number of carbonyl (C=O) groups is 2. The molecule has 3 N–H and O–H groups in total. The maximum absolute atomic E-state index is 12.5. The molecule has 2 unspecified atom stereocenters. The number of likely N-dealkylation sites (tertiary alicyclic amines) is 1. The Hall–Kier alpha value is -1.63. The third-order valence-corrected chi connectivity index (χ3v) is 6.78. The van der Waals surface area contributed by atoms with Gasteiger partial charge in [-0.1, -0.05) is 30.3 Å². The summed E-state index contributed by atoms with van der Waals surface area (Å²) < 4.78 is 0. The first kappa shape index (κ1) is 23.0. The van der Waals surface area contributed by atoms with Gasteiger partial charge in [0, 0.05) is 25.0 Å². The van der Waals surface area contributed by atoms with Crippen LogP contribution in [0.25, 0.3) is 0 Å². The lowest BCUT2D eigenvalue weighted by Gasteiger charge is -2.32. The zero-order chi connectivity index (χ0) is 20.1. The summed E-state index contributed by atoms with van der Waals surface area (Å²) in [6.07, 6.45) is 6.53. The highest BCUT2D eigenvalue weighted by molar-refractivity contribution is 5.85. The van der Waals surface area contributed by atoms with Crippen LogP contribution in [0.1, 0.15) is 44.1 Å². The first-order valence-electron chi connectivity index (χ1n) is 11.2. The molecule has 30 heavy (non-hydrogen) atoms. The molecule has 0 radical (unpaired) electrons. The van der Waals surface area contributed by atoms with E-state index in [0.29, 0.717) is 19.0 Å². The zero-order valence-corrected chi connectivity index (χ0v) is 18.5. The molecule has 0 spiro atoms. The van der Waals surface area contributed by atoms with Gasteiger partial charge in [0.15, 0.2) is 0 Å². The van der Waals surface area contributed by atoms with Gasteiger partial charge in [-0.25, -0.2) is 0 Å². The van der Waals surface area contributed by atoms with Crippen LogP contribution in [0.5, 0.6) is 0 Å². The number of piperidine rings is 1. The lowest BCUT2D eigenvalue weighted by molar-refractivity contribution is -0.124. The highest BCUT2D eigenvalue weighted by atomic mass is 35.5. The Kier molecular flexibility index (Phi) is 8.14. The van der Waals surface area contributed by atoms with Crippen LogP contribution in [0.3, 0.4) is 0 Å². The number of benzene rings is 1. The topological polar surface area (TPSA) is 73.5 Å². The number of hydrogen-bond donors (Lipinski definition) is 3. The van der Waals surface area contributed by atoms with Crippen molar-refractivity contribution in [3.63, 3.8) is 0 Å². The Labute approximate surface area is 186 Å². The maximum Gasteiger partial charge on any atom is 0.237 e. The van der Waals surface area contributed by atoms with Crippen molar-refractivity contribution in [2.24, 2.45) is 5.92 Å². The number of amides is 2. The van der Waals surface area contributed by atoms with Gasteiger partial charge in [-0.3, -0.25) is 14.5 Å². The third kappa shape index (κ3) is 5.96. The molecule has 0 bridgehead atoms. The number of nitrogens with one attached hydrogen (secondary N) is 3. The van der Waals surface area contributed by atoms with Gasteiger partial charge in [0.2, 0.25) is 11.8 Å². The van der Waals surface area contributed by atoms with E-state index in [1.807, 2.05) is 6.07 Å². The molecule has 3 aliphatic rings. The minimum atomic E-state index is -0.0140. The molecule has 2 amide bonds. The molecule has 3 fully saturated rings. The van der Waals surface area contributed by atoms with E-state index in [-0.39, 0.29) is 35.7 Å². The summed E-state index contributed by atoms with van der Waals surface area (Å²) in [6, 6.07) is 10.5. The van der Waals surface area contributed by atoms with Crippen LogP contribution < -0.4 is 16.0 Å². The number of nitrogens with zero attached hydrogens (tertiary/aromatic N) is 1. The van der Waals surface area contributed by atoms with Gasteiger partial charge in [0.25, 0.3) is 0 Å². The summed E-state index contributed by atoms with van der Waals surface area (Å²) in [4.78, 5) is 27.0. The summed E-state index contributed by atoms with van der Waals surface area (Å²) in [5.41, 5.74) is 1.49. The smallest absolute Gasteiger partial charge is 0.237 e. The molecule has 1 aromatic rings. The van der Waals surface area contributed by atoms with Crippen LogP contribution >= 0.6 is 12.4 Å². The van der Waals surface area contributed by atoms with Crippen molar-refractivity contribution in [1.82, 2.24) is 20.9 Å². The van der Waals surface area contributed by atoms with Crippen molar-refractivity contribution >= 4 is 24.2 Å². The maximum atomic E-state index is 12.5. The number of rotatable bonds is 8. The molecular weight excluding hydrogens is 400 g/mol. The molecule has 0 aromatic heterocycles. The molecular formula is C23H35ClN4O2. The second-order valence-electron chi connectivity index (χ2n) is 9.06. The average molecular weight is 435 g/mol.